The maximum atomic E-state index is 6.23. The first-order chi connectivity index (χ1) is 11.8. The van der Waals surface area contributed by atoms with Gasteiger partial charge in [0.15, 0.2) is 0 Å². The first kappa shape index (κ1) is 15.7. The lowest BCUT2D eigenvalue weighted by Crippen LogP contribution is -2.27. The summed E-state index contributed by atoms with van der Waals surface area (Å²) in [5.74, 6) is 1.66. The van der Waals surface area contributed by atoms with Crippen molar-refractivity contribution in [3.05, 3.63) is 46.7 Å². The molecule has 0 unspecified atom stereocenters. The van der Waals surface area contributed by atoms with Crippen molar-refractivity contribution in [2.45, 2.75) is 31.8 Å². The van der Waals surface area contributed by atoms with Crippen molar-refractivity contribution in [3.63, 3.8) is 0 Å². The predicted octanol–water partition coefficient (Wildman–Crippen LogP) is 3.34. The van der Waals surface area contributed by atoms with Gasteiger partial charge in [-0.15, -0.1) is 0 Å². The van der Waals surface area contributed by atoms with Gasteiger partial charge in [-0.2, -0.15) is 0 Å². The summed E-state index contributed by atoms with van der Waals surface area (Å²) in [7, 11) is 0. The third-order valence-electron chi connectivity index (χ3n) is 4.66. The molecule has 0 aliphatic carbocycles. The van der Waals surface area contributed by atoms with Crippen LogP contribution in [-0.4, -0.2) is 29.7 Å². The van der Waals surface area contributed by atoms with Gasteiger partial charge in [-0.25, -0.2) is 9.97 Å². The summed E-state index contributed by atoms with van der Waals surface area (Å²) in [5.41, 5.74) is 2.22. The lowest BCUT2D eigenvalue weighted by Gasteiger charge is -2.27. The largest absolute Gasteiger partial charge is 0.492 e. The van der Waals surface area contributed by atoms with Crippen LogP contribution >= 0.6 is 11.6 Å². The van der Waals surface area contributed by atoms with E-state index in [-0.39, 0.29) is 6.04 Å². The maximum absolute atomic E-state index is 6.23. The predicted molar refractivity (Wildman–Crippen MR) is 94.6 cm³/mol. The van der Waals surface area contributed by atoms with E-state index in [4.69, 9.17) is 16.3 Å². The number of halogens is 1. The summed E-state index contributed by atoms with van der Waals surface area (Å²) in [6, 6.07) is 6.16. The van der Waals surface area contributed by atoms with Crippen LogP contribution in [0.3, 0.4) is 0 Å². The molecule has 0 spiro atoms. The van der Waals surface area contributed by atoms with Crippen LogP contribution in [0.5, 0.6) is 5.75 Å². The van der Waals surface area contributed by atoms with Crippen LogP contribution in [0, 0.1) is 0 Å². The monoisotopic (exact) mass is 344 g/mol. The minimum atomic E-state index is 0.241. The number of benzene rings is 1. The van der Waals surface area contributed by atoms with E-state index in [1.807, 2.05) is 24.5 Å². The zero-order valence-electron chi connectivity index (χ0n) is 13.5. The second-order valence-corrected chi connectivity index (χ2v) is 6.72. The van der Waals surface area contributed by atoms with Crippen LogP contribution in [0.4, 0.5) is 5.95 Å². The van der Waals surface area contributed by atoms with Crippen molar-refractivity contribution in [1.82, 2.24) is 15.3 Å². The highest BCUT2D eigenvalue weighted by molar-refractivity contribution is 6.32. The third-order valence-corrected chi connectivity index (χ3v) is 4.96. The quantitative estimate of drug-likeness (QED) is 0.921. The van der Waals surface area contributed by atoms with E-state index in [1.165, 1.54) is 12.8 Å². The molecule has 0 radical (unpaired) electrons. The Morgan fingerprint density at radius 1 is 1.21 bits per heavy atom. The van der Waals surface area contributed by atoms with E-state index >= 15 is 0 Å². The topological polar surface area (TPSA) is 50.3 Å². The lowest BCUT2D eigenvalue weighted by molar-refractivity contribution is 0.252. The van der Waals surface area contributed by atoms with Gasteiger partial charge >= 0.3 is 0 Å². The van der Waals surface area contributed by atoms with Gasteiger partial charge in [-0.3, -0.25) is 0 Å². The molecule has 1 aromatic heterocycles. The highest BCUT2D eigenvalue weighted by atomic mass is 35.5. The number of rotatable bonds is 4. The summed E-state index contributed by atoms with van der Waals surface area (Å²) in [4.78, 5) is 11.3. The first-order valence-corrected chi connectivity index (χ1v) is 8.89. The van der Waals surface area contributed by atoms with Crippen molar-refractivity contribution in [3.8, 4) is 5.75 Å². The van der Waals surface area contributed by atoms with Crippen molar-refractivity contribution >= 4 is 17.5 Å². The molecule has 24 heavy (non-hydrogen) atoms. The highest BCUT2D eigenvalue weighted by Gasteiger charge is 2.23. The number of anilines is 1. The molecular weight excluding hydrogens is 324 g/mol. The number of hydrogen-bond acceptors (Lipinski definition) is 5. The fraction of sp³-hybridized carbons (Fsp3) is 0.444. The molecule has 1 aromatic carbocycles. The number of nitrogens with zero attached hydrogens (tertiary/aromatic N) is 3. The van der Waals surface area contributed by atoms with Gasteiger partial charge in [0.25, 0.3) is 0 Å². The van der Waals surface area contributed by atoms with E-state index in [0.717, 1.165) is 48.9 Å². The zero-order chi connectivity index (χ0) is 16.4. The van der Waals surface area contributed by atoms with Gasteiger partial charge < -0.3 is 15.0 Å². The fourth-order valence-electron chi connectivity index (χ4n) is 3.36. The van der Waals surface area contributed by atoms with E-state index in [2.05, 4.69) is 26.3 Å². The molecule has 2 aliphatic heterocycles. The van der Waals surface area contributed by atoms with Gasteiger partial charge in [0, 0.05) is 55.6 Å². The van der Waals surface area contributed by atoms with E-state index in [1.54, 1.807) is 0 Å². The summed E-state index contributed by atoms with van der Waals surface area (Å²) in [6.07, 6.45) is 7.24. The molecule has 1 atom stereocenters. The van der Waals surface area contributed by atoms with Crippen molar-refractivity contribution in [2.75, 3.05) is 24.6 Å². The van der Waals surface area contributed by atoms with Crippen molar-refractivity contribution < 1.29 is 4.74 Å². The number of ether oxygens (including phenoxy) is 1. The third kappa shape index (κ3) is 3.19. The number of fused-ring (bicyclic) bond motifs is 1. The van der Waals surface area contributed by atoms with Crippen LogP contribution in [-0.2, 0) is 6.54 Å². The molecule has 6 heteroatoms. The molecule has 1 saturated heterocycles. The smallest absolute Gasteiger partial charge is 0.225 e. The summed E-state index contributed by atoms with van der Waals surface area (Å²) in [6.45, 7) is 3.55. The maximum Gasteiger partial charge on any atom is 0.225 e. The Kier molecular flexibility index (Phi) is 4.54. The molecule has 2 aromatic rings. The minimum absolute atomic E-state index is 0.241. The standard InChI is InChI=1S/C18H21ClN4O/c19-15-5-3-4-14-16(6-9-24-17(14)15)20-10-13-11-21-18(22-12-13)23-7-1-2-8-23/h3-5,11-12,16,20H,1-2,6-10H2/t16-/m1/s1. The van der Waals surface area contributed by atoms with Crippen LogP contribution < -0.4 is 15.0 Å². The SMILES string of the molecule is Clc1cccc2c1OCC[C@H]2NCc1cnc(N2CCCC2)nc1. The number of nitrogens with one attached hydrogen (secondary N) is 1. The summed E-state index contributed by atoms with van der Waals surface area (Å²) >= 11 is 6.23. The molecular formula is C18H21ClN4O. The van der Waals surface area contributed by atoms with Crippen molar-refractivity contribution in [1.29, 1.82) is 0 Å². The molecule has 3 heterocycles. The summed E-state index contributed by atoms with van der Waals surface area (Å²) < 4.78 is 5.71. The van der Waals surface area contributed by atoms with Gasteiger partial charge in [-0.05, 0) is 18.9 Å². The van der Waals surface area contributed by atoms with E-state index in [9.17, 15) is 0 Å². The Morgan fingerprint density at radius 2 is 2.00 bits per heavy atom. The molecule has 126 valence electrons. The van der Waals surface area contributed by atoms with Gasteiger partial charge in [0.2, 0.25) is 5.95 Å². The van der Waals surface area contributed by atoms with E-state index in [0.29, 0.717) is 11.6 Å². The van der Waals surface area contributed by atoms with Crippen LogP contribution in [0.15, 0.2) is 30.6 Å². The average Bonchev–Trinajstić information content (AvgIpc) is 3.15. The molecule has 0 saturated carbocycles. The molecule has 0 amide bonds. The lowest BCUT2D eigenvalue weighted by atomic mass is 10.0. The Labute approximate surface area is 147 Å². The molecule has 0 bridgehead atoms. The molecule has 2 aliphatic rings. The molecule has 1 fully saturated rings. The van der Waals surface area contributed by atoms with Crippen LogP contribution in [0.2, 0.25) is 5.02 Å². The second kappa shape index (κ2) is 6.95. The normalized spacial score (nSPS) is 19.9. The second-order valence-electron chi connectivity index (χ2n) is 6.31. The minimum Gasteiger partial charge on any atom is -0.492 e. The van der Waals surface area contributed by atoms with Gasteiger partial charge in [0.05, 0.1) is 11.6 Å². The molecule has 4 rings (SSSR count). The highest BCUT2D eigenvalue weighted by Crippen LogP contribution is 2.37. The Morgan fingerprint density at radius 3 is 2.79 bits per heavy atom. The fourth-order valence-corrected chi connectivity index (χ4v) is 3.60. The Bertz CT molecular complexity index is 701. The molecule has 1 N–H and O–H groups in total. The average molecular weight is 345 g/mol. The molecule has 5 nitrogen and oxygen atoms in total. The van der Waals surface area contributed by atoms with Crippen LogP contribution in [0.1, 0.15) is 36.4 Å². The summed E-state index contributed by atoms with van der Waals surface area (Å²) in [5, 5.41) is 4.26. The van der Waals surface area contributed by atoms with Gasteiger partial charge in [0.1, 0.15) is 5.75 Å². The number of hydrogen-bond donors (Lipinski definition) is 1. The Balaban J connectivity index is 1.41. The number of aromatic nitrogens is 2. The Hall–Kier alpha value is -1.85. The number of para-hydroxylation sites is 1. The van der Waals surface area contributed by atoms with Crippen LogP contribution in [0.25, 0.3) is 0 Å². The van der Waals surface area contributed by atoms with Crippen molar-refractivity contribution in [2.24, 2.45) is 0 Å². The first-order valence-electron chi connectivity index (χ1n) is 8.52. The van der Waals surface area contributed by atoms with Gasteiger partial charge in [-0.1, -0.05) is 23.7 Å². The van der Waals surface area contributed by atoms with E-state index < -0.39 is 0 Å². The zero-order valence-corrected chi connectivity index (χ0v) is 14.3.